The minimum absolute atomic E-state index is 0.0328. The van der Waals surface area contributed by atoms with Crippen LogP contribution in [0.3, 0.4) is 0 Å². The van der Waals surface area contributed by atoms with Crippen molar-refractivity contribution >= 4 is 17.6 Å². The Balaban J connectivity index is 2.02. The molecule has 0 unspecified atom stereocenters. The first-order chi connectivity index (χ1) is 10.6. The molecule has 0 aliphatic heterocycles. The molecule has 0 bridgehead atoms. The molecule has 0 fully saturated rings. The van der Waals surface area contributed by atoms with Gasteiger partial charge in [0.05, 0.1) is 5.56 Å². The molecular weight excluding hydrogens is 280 g/mol. The third kappa shape index (κ3) is 3.91. The van der Waals surface area contributed by atoms with Crippen molar-refractivity contribution in [3.05, 3.63) is 60.4 Å². The number of nitrogens with zero attached hydrogens (tertiary/aromatic N) is 2. The lowest BCUT2D eigenvalue weighted by Crippen LogP contribution is -2.39. The van der Waals surface area contributed by atoms with Crippen molar-refractivity contribution in [1.29, 1.82) is 0 Å². The summed E-state index contributed by atoms with van der Waals surface area (Å²) in [7, 11) is 0. The molecule has 0 N–H and O–H groups in total. The smallest absolute Gasteiger partial charge is 0.338 e. The Bertz CT molecular complexity index is 627. The average molecular weight is 298 g/mol. The number of esters is 1. The topological polar surface area (TPSA) is 59.5 Å². The number of hydrogen-bond acceptors (Lipinski definition) is 4. The van der Waals surface area contributed by atoms with Gasteiger partial charge in [-0.15, -0.1) is 0 Å². The van der Waals surface area contributed by atoms with Crippen LogP contribution in [0, 0.1) is 0 Å². The lowest BCUT2D eigenvalue weighted by molar-refractivity contribution is -0.122. The van der Waals surface area contributed by atoms with Crippen molar-refractivity contribution in [1.82, 2.24) is 4.98 Å². The van der Waals surface area contributed by atoms with E-state index in [1.807, 2.05) is 44.2 Å². The lowest BCUT2D eigenvalue weighted by atomic mass is 10.2. The number of benzene rings is 1. The van der Waals surface area contributed by atoms with Crippen molar-refractivity contribution in [3.8, 4) is 0 Å². The molecular formula is C17H18N2O3. The molecule has 2 rings (SSSR count). The minimum atomic E-state index is -0.535. The van der Waals surface area contributed by atoms with Crippen LogP contribution >= 0.6 is 0 Å². The molecule has 0 radical (unpaired) electrons. The molecule has 114 valence electrons. The second-order valence-electron chi connectivity index (χ2n) is 5.01. The number of rotatable bonds is 5. The molecule has 1 aromatic heterocycles. The molecule has 0 aliphatic carbocycles. The SMILES string of the molecule is CC(C)N(C(=O)COC(=O)c1ccncc1)c1ccccc1. The maximum atomic E-state index is 12.4. The van der Waals surface area contributed by atoms with Crippen LogP contribution in [0.2, 0.25) is 0 Å². The molecule has 0 aliphatic rings. The van der Waals surface area contributed by atoms with E-state index in [0.717, 1.165) is 5.69 Å². The summed E-state index contributed by atoms with van der Waals surface area (Å²) in [5.74, 6) is -0.795. The van der Waals surface area contributed by atoms with E-state index in [9.17, 15) is 9.59 Å². The van der Waals surface area contributed by atoms with E-state index >= 15 is 0 Å². The van der Waals surface area contributed by atoms with E-state index in [1.54, 1.807) is 17.0 Å². The molecule has 1 amide bonds. The highest BCUT2D eigenvalue weighted by Crippen LogP contribution is 2.16. The number of aromatic nitrogens is 1. The van der Waals surface area contributed by atoms with Crippen LogP contribution in [-0.2, 0) is 9.53 Å². The second kappa shape index (κ2) is 7.36. The van der Waals surface area contributed by atoms with E-state index in [4.69, 9.17) is 4.74 Å². The van der Waals surface area contributed by atoms with Crippen LogP contribution in [0.15, 0.2) is 54.9 Å². The van der Waals surface area contributed by atoms with E-state index in [0.29, 0.717) is 5.56 Å². The zero-order valence-corrected chi connectivity index (χ0v) is 12.6. The summed E-state index contributed by atoms with van der Waals surface area (Å²) in [4.78, 5) is 29.7. The molecule has 2 aromatic rings. The summed E-state index contributed by atoms with van der Waals surface area (Å²) in [6.45, 7) is 3.53. The van der Waals surface area contributed by atoms with Gasteiger partial charge in [-0.3, -0.25) is 9.78 Å². The Kier molecular flexibility index (Phi) is 5.25. The van der Waals surface area contributed by atoms with Crippen LogP contribution in [0.5, 0.6) is 0 Å². The normalized spacial score (nSPS) is 10.3. The number of para-hydroxylation sites is 1. The summed E-state index contributed by atoms with van der Waals surface area (Å²) >= 11 is 0. The van der Waals surface area contributed by atoms with Crippen molar-refractivity contribution in [3.63, 3.8) is 0 Å². The predicted octanol–water partition coefficient (Wildman–Crippen LogP) is 2.68. The first-order valence-electron chi connectivity index (χ1n) is 7.04. The number of carbonyl (C=O) groups excluding carboxylic acids is 2. The molecule has 0 atom stereocenters. The van der Waals surface area contributed by atoms with Gasteiger partial charge in [0.2, 0.25) is 0 Å². The number of anilines is 1. The van der Waals surface area contributed by atoms with Gasteiger partial charge in [-0.25, -0.2) is 4.79 Å². The zero-order chi connectivity index (χ0) is 15.9. The third-order valence-electron chi connectivity index (χ3n) is 3.06. The predicted molar refractivity (Wildman–Crippen MR) is 83.6 cm³/mol. The lowest BCUT2D eigenvalue weighted by Gasteiger charge is -2.26. The Hall–Kier alpha value is -2.69. The Morgan fingerprint density at radius 1 is 1.09 bits per heavy atom. The van der Waals surface area contributed by atoms with Crippen LogP contribution < -0.4 is 4.90 Å². The average Bonchev–Trinajstić information content (AvgIpc) is 2.54. The van der Waals surface area contributed by atoms with E-state index in [1.165, 1.54) is 12.4 Å². The van der Waals surface area contributed by atoms with Gasteiger partial charge in [0.1, 0.15) is 0 Å². The van der Waals surface area contributed by atoms with Crippen molar-refractivity contribution in [2.24, 2.45) is 0 Å². The third-order valence-corrected chi connectivity index (χ3v) is 3.06. The van der Waals surface area contributed by atoms with Crippen molar-refractivity contribution in [2.75, 3.05) is 11.5 Å². The van der Waals surface area contributed by atoms with Gasteiger partial charge in [0.15, 0.2) is 6.61 Å². The highest BCUT2D eigenvalue weighted by Gasteiger charge is 2.20. The van der Waals surface area contributed by atoms with E-state index < -0.39 is 5.97 Å². The van der Waals surface area contributed by atoms with Gasteiger partial charge in [-0.05, 0) is 38.1 Å². The fourth-order valence-electron chi connectivity index (χ4n) is 2.09. The van der Waals surface area contributed by atoms with Gasteiger partial charge >= 0.3 is 5.97 Å². The molecule has 1 aromatic carbocycles. The molecule has 0 spiro atoms. The summed E-state index contributed by atoms with van der Waals surface area (Å²) in [5, 5.41) is 0. The van der Waals surface area contributed by atoms with Gasteiger partial charge in [-0.2, -0.15) is 0 Å². The van der Waals surface area contributed by atoms with Crippen LogP contribution in [0.25, 0.3) is 0 Å². The maximum absolute atomic E-state index is 12.4. The Morgan fingerprint density at radius 3 is 2.32 bits per heavy atom. The molecule has 0 saturated carbocycles. The van der Waals surface area contributed by atoms with Gasteiger partial charge in [0, 0.05) is 24.1 Å². The molecule has 22 heavy (non-hydrogen) atoms. The van der Waals surface area contributed by atoms with Gasteiger partial charge in [-0.1, -0.05) is 18.2 Å². The number of ether oxygens (including phenoxy) is 1. The van der Waals surface area contributed by atoms with Crippen molar-refractivity contribution in [2.45, 2.75) is 19.9 Å². The van der Waals surface area contributed by atoms with Crippen LogP contribution in [0.1, 0.15) is 24.2 Å². The maximum Gasteiger partial charge on any atom is 0.338 e. The summed E-state index contributed by atoms with van der Waals surface area (Å²) in [6.07, 6.45) is 3.01. The molecule has 1 heterocycles. The molecule has 5 heteroatoms. The summed E-state index contributed by atoms with van der Waals surface area (Å²) in [6, 6.07) is 12.4. The first-order valence-corrected chi connectivity index (χ1v) is 7.04. The fraction of sp³-hybridized carbons (Fsp3) is 0.235. The summed E-state index contributed by atoms with van der Waals surface area (Å²) < 4.78 is 5.08. The number of pyridine rings is 1. The van der Waals surface area contributed by atoms with Crippen molar-refractivity contribution < 1.29 is 14.3 Å². The number of amides is 1. The highest BCUT2D eigenvalue weighted by molar-refractivity contribution is 5.97. The highest BCUT2D eigenvalue weighted by atomic mass is 16.5. The van der Waals surface area contributed by atoms with Gasteiger partial charge < -0.3 is 9.64 Å². The fourth-order valence-corrected chi connectivity index (χ4v) is 2.09. The molecule has 0 saturated heterocycles. The second-order valence-corrected chi connectivity index (χ2v) is 5.01. The first kappa shape index (κ1) is 15.7. The quantitative estimate of drug-likeness (QED) is 0.796. The standard InChI is InChI=1S/C17H18N2O3/c1-13(2)19(15-6-4-3-5-7-15)16(20)12-22-17(21)14-8-10-18-11-9-14/h3-11,13H,12H2,1-2H3. The van der Waals surface area contributed by atoms with Crippen LogP contribution in [-0.4, -0.2) is 29.5 Å². The van der Waals surface area contributed by atoms with Crippen LogP contribution in [0.4, 0.5) is 5.69 Å². The molecule has 5 nitrogen and oxygen atoms in total. The number of carbonyl (C=O) groups is 2. The largest absolute Gasteiger partial charge is 0.452 e. The minimum Gasteiger partial charge on any atom is -0.452 e. The zero-order valence-electron chi connectivity index (χ0n) is 12.6. The van der Waals surface area contributed by atoms with E-state index in [2.05, 4.69) is 4.98 Å². The van der Waals surface area contributed by atoms with E-state index in [-0.39, 0.29) is 18.6 Å². The Labute approximate surface area is 129 Å². The van der Waals surface area contributed by atoms with Gasteiger partial charge in [0.25, 0.3) is 5.91 Å². The monoisotopic (exact) mass is 298 g/mol. The number of hydrogen-bond donors (Lipinski definition) is 0. The summed E-state index contributed by atoms with van der Waals surface area (Å²) in [5.41, 5.74) is 1.15. The Morgan fingerprint density at radius 2 is 1.73 bits per heavy atom.